The number of nitrogens with zero attached hydrogens (tertiary/aromatic N) is 1. The van der Waals surface area contributed by atoms with Gasteiger partial charge in [0.1, 0.15) is 6.04 Å². The molecule has 0 saturated heterocycles. The van der Waals surface area contributed by atoms with Crippen LogP contribution >= 0.6 is 15.9 Å². The standard InChI is InChI=1S/C18H27BrN2O2/c1-6-7-16(22)21(12-14-8-10-15(19)11-9-14)13(2)17(23)20-18(3,4)5/h8-11,13H,6-7,12H2,1-5H3,(H,20,23). The molecule has 23 heavy (non-hydrogen) atoms. The first-order chi connectivity index (χ1) is 10.6. The molecule has 4 nitrogen and oxygen atoms in total. The van der Waals surface area contributed by atoms with Gasteiger partial charge in [0.2, 0.25) is 11.8 Å². The summed E-state index contributed by atoms with van der Waals surface area (Å²) in [6.45, 7) is 9.99. The Morgan fingerprint density at radius 1 is 1.22 bits per heavy atom. The first-order valence-corrected chi connectivity index (χ1v) is 8.79. The number of amides is 2. The molecular formula is C18H27BrN2O2. The van der Waals surface area contributed by atoms with E-state index in [1.54, 1.807) is 11.8 Å². The van der Waals surface area contributed by atoms with Crippen molar-refractivity contribution >= 4 is 27.7 Å². The zero-order valence-corrected chi connectivity index (χ0v) is 16.2. The van der Waals surface area contributed by atoms with Crippen molar-refractivity contribution in [2.24, 2.45) is 0 Å². The first-order valence-electron chi connectivity index (χ1n) is 8.00. The Morgan fingerprint density at radius 2 is 1.78 bits per heavy atom. The third-order valence-electron chi connectivity index (χ3n) is 3.40. The quantitative estimate of drug-likeness (QED) is 0.811. The van der Waals surface area contributed by atoms with Crippen LogP contribution < -0.4 is 5.32 Å². The Balaban J connectivity index is 2.93. The summed E-state index contributed by atoms with van der Waals surface area (Å²) in [6, 6.07) is 7.31. The second-order valence-electron chi connectivity index (χ2n) is 6.81. The molecule has 0 aliphatic heterocycles. The highest BCUT2D eigenvalue weighted by Gasteiger charge is 2.27. The molecule has 0 heterocycles. The molecule has 1 atom stereocenters. The molecule has 0 aliphatic rings. The second-order valence-corrected chi connectivity index (χ2v) is 7.73. The van der Waals surface area contributed by atoms with Crippen molar-refractivity contribution < 1.29 is 9.59 Å². The third-order valence-corrected chi connectivity index (χ3v) is 3.92. The first kappa shape index (κ1) is 19.7. The maximum Gasteiger partial charge on any atom is 0.242 e. The highest BCUT2D eigenvalue weighted by atomic mass is 79.9. The number of benzene rings is 1. The monoisotopic (exact) mass is 382 g/mol. The number of carbonyl (C=O) groups is 2. The highest BCUT2D eigenvalue weighted by Crippen LogP contribution is 2.15. The molecule has 0 radical (unpaired) electrons. The number of hydrogen-bond donors (Lipinski definition) is 1. The van der Waals surface area contributed by atoms with Crippen molar-refractivity contribution in [3.05, 3.63) is 34.3 Å². The van der Waals surface area contributed by atoms with Crippen molar-refractivity contribution in [2.75, 3.05) is 0 Å². The van der Waals surface area contributed by atoms with Crippen LogP contribution in [0.1, 0.15) is 53.0 Å². The molecule has 2 amide bonds. The van der Waals surface area contributed by atoms with E-state index in [-0.39, 0.29) is 17.4 Å². The topological polar surface area (TPSA) is 49.4 Å². The van der Waals surface area contributed by atoms with E-state index in [2.05, 4.69) is 21.2 Å². The number of rotatable bonds is 6. The lowest BCUT2D eigenvalue weighted by Crippen LogP contribution is -2.52. The average molecular weight is 383 g/mol. The highest BCUT2D eigenvalue weighted by molar-refractivity contribution is 9.10. The van der Waals surface area contributed by atoms with Crippen molar-refractivity contribution in [1.82, 2.24) is 10.2 Å². The van der Waals surface area contributed by atoms with Gasteiger partial charge in [-0.3, -0.25) is 9.59 Å². The van der Waals surface area contributed by atoms with Crippen LogP contribution in [-0.2, 0) is 16.1 Å². The zero-order valence-electron chi connectivity index (χ0n) is 14.6. The molecule has 1 aromatic carbocycles. The molecule has 1 aromatic rings. The van der Waals surface area contributed by atoms with Gasteiger partial charge in [-0.1, -0.05) is 35.0 Å². The summed E-state index contributed by atoms with van der Waals surface area (Å²) in [5, 5.41) is 2.95. The van der Waals surface area contributed by atoms with Gasteiger partial charge in [-0.05, 0) is 51.8 Å². The van der Waals surface area contributed by atoms with E-state index in [4.69, 9.17) is 0 Å². The number of hydrogen-bond acceptors (Lipinski definition) is 2. The predicted molar refractivity (Wildman–Crippen MR) is 97.0 cm³/mol. The molecule has 0 saturated carbocycles. The van der Waals surface area contributed by atoms with Crippen LogP contribution in [0, 0.1) is 0 Å². The summed E-state index contributed by atoms with van der Waals surface area (Å²) in [7, 11) is 0. The lowest BCUT2D eigenvalue weighted by atomic mass is 10.1. The molecular weight excluding hydrogens is 356 g/mol. The van der Waals surface area contributed by atoms with E-state index in [9.17, 15) is 9.59 Å². The zero-order chi connectivity index (χ0) is 17.6. The fourth-order valence-corrected chi connectivity index (χ4v) is 2.46. The van der Waals surface area contributed by atoms with E-state index >= 15 is 0 Å². The van der Waals surface area contributed by atoms with E-state index in [1.165, 1.54) is 0 Å². The SMILES string of the molecule is CCCC(=O)N(Cc1ccc(Br)cc1)C(C)C(=O)NC(C)(C)C. The normalized spacial score (nSPS) is 12.6. The molecule has 128 valence electrons. The van der Waals surface area contributed by atoms with Gasteiger partial charge in [-0.2, -0.15) is 0 Å². The van der Waals surface area contributed by atoms with Gasteiger partial charge >= 0.3 is 0 Å². The summed E-state index contributed by atoms with van der Waals surface area (Å²) in [4.78, 5) is 26.6. The Bertz CT molecular complexity index is 535. The third kappa shape index (κ3) is 6.73. The van der Waals surface area contributed by atoms with Gasteiger partial charge in [0, 0.05) is 23.0 Å². The van der Waals surface area contributed by atoms with Gasteiger partial charge in [0.15, 0.2) is 0 Å². The average Bonchev–Trinajstić information content (AvgIpc) is 2.44. The van der Waals surface area contributed by atoms with E-state index in [1.807, 2.05) is 52.0 Å². The van der Waals surface area contributed by atoms with E-state index < -0.39 is 6.04 Å². The molecule has 1 N–H and O–H groups in total. The molecule has 0 fully saturated rings. The Kier molecular flexibility index (Phi) is 7.26. The summed E-state index contributed by atoms with van der Waals surface area (Å²) >= 11 is 3.41. The summed E-state index contributed by atoms with van der Waals surface area (Å²) < 4.78 is 0.992. The minimum Gasteiger partial charge on any atom is -0.350 e. The van der Waals surface area contributed by atoms with Gasteiger partial charge in [-0.25, -0.2) is 0 Å². The van der Waals surface area contributed by atoms with Gasteiger partial charge in [0.05, 0.1) is 0 Å². The molecule has 1 unspecified atom stereocenters. The maximum atomic E-state index is 12.5. The number of halogens is 1. The van der Waals surface area contributed by atoms with Gasteiger partial charge < -0.3 is 10.2 Å². The van der Waals surface area contributed by atoms with Gasteiger partial charge in [0.25, 0.3) is 0 Å². The number of nitrogens with one attached hydrogen (secondary N) is 1. The van der Waals surface area contributed by atoms with E-state index in [0.717, 1.165) is 16.5 Å². The van der Waals surface area contributed by atoms with Crippen molar-refractivity contribution in [3.8, 4) is 0 Å². The molecule has 0 aliphatic carbocycles. The minimum absolute atomic E-state index is 0.00646. The predicted octanol–water partition coefficient (Wildman–Crippen LogP) is 3.88. The van der Waals surface area contributed by atoms with E-state index in [0.29, 0.717) is 13.0 Å². The second kappa shape index (κ2) is 8.48. The lowest BCUT2D eigenvalue weighted by molar-refractivity contribution is -0.141. The van der Waals surface area contributed by atoms with Gasteiger partial charge in [-0.15, -0.1) is 0 Å². The van der Waals surface area contributed by atoms with Crippen LogP contribution in [0.4, 0.5) is 0 Å². The van der Waals surface area contributed by atoms with Crippen LogP contribution in [-0.4, -0.2) is 28.3 Å². The van der Waals surface area contributed by atoms with Crippen LogP contribution in [0.25, 0.3) is 0 Å². The summed E-state index contributed by atoms with van der Waals surface area (Å²) in [6.07, 6.45) is 1.22. The molecule has 0 spiro atoms. The Labute approximate surface area is 147 Å². The van der Waals surface area contributed by atoms with Crippen LogP contribution in [0.2, 0.25) is 0 Å². The van der Waals surface area contributed by atoms with Crippen molar-refractivity contribution in [1.29, 1.82) is 0 Å². The summed E-state index contributed by atoms with van der Waals surface area (Å²) in [5.41, 5.74) is 0.690. The molecule has 0 bridgehead atoms. The Morgan fingerprint density at radius 3 is 2.26 bits per heavy atom. The smallest absolute Gasteiger partial charge is 0.242 e. The fraction of sp³-hybridized carbons (Fsp3) is 0.556. The van der Waals surface area contributed by atoms with Crippen molar-refractivity contribution in [3.63, 3.8) is 0 Å². The Hall–Kier alpha value is -1.36. The summed E-state index contributed by atoms with van der Waals surface area (Å²) in [5.74, 6) is -0.119. The lowest BCUT2D eigenvalue weighted by Gasteiger charge is -2.31. The maximum absolute atomic E-state index is 12.5. The van der Waals surface area contributed by atoms with Crippen LogP contribution in [0.15, 0.2) is 28.7 Å². The van der Waals surface area contributed by atoms with Crippen LogP contribution in [0.5, 0.6) is 0 Å². The molecule has 1 rings (SSSR count). The number of carbonyl (C=O) groups excluding carboxylic acids is 2. The minimum atomic E-state index is -0.503. The fourth-order valence-electron chi connectivity index (χ4n) is 2.20. The molecule has 0 aromatic heterocycles. The van der Waals surface area contributed by atoms with Crippen LogP contribution in [0.3, 0.4) is 0 Å². The molecule has 5 heteroatoms. The van der Waals surface area contributed by atoms with Crippen molar-refractivity contribution in [2.45, 2.75) is 65.6 Å². The largest absolute Gasteiger partial charge is 0.350 e.